The van der Waals surface area contributed by atoms with Gasteiger partial charge in [-0.1, -0.05) is 29.3 Å². The Bertz CT molecular complexity index is 462. The second-order valence-electron chi connectivity index (χ2n) is 3.11. The van der Waals surface area contributed by atoms with E-state index >= 15 is 0 Å². The maximum atomic E-state index is 11.2. The molecule has 92 valence electrons. The molecule has 0 aliphatic heterocycles. The molecule has 17 heavy (non-hydrogen) atoms. The molecule has 0 saturated carbocycles. The van der Waals surface area contributed by atoms with Crippen molar-refractivity contribution in [2.24, 2.45) is 0 Å². The molecule has 0 fully saturated rings. The van der Waals surface area contributed by atoms with Gasteiger partial charge in [-0.3, -0.25) is 14.9 Å². The third kappa shape index (κ3) is 3.31. The lowest BCUT2D eigenvalue weighted by Crippen LogP contribution is -2.08. The van der Waals surface area contributed by atoms with E-state index in [1.165, 1.54) is 12.1 Å². The first-order valence-corrected chi connectivity index (χ1v) is 5.49. The summed E-state index contributed by atoms with van der Waals surface area (Å²) in [5.41, 5.74) is 0.116. The SMILES string of the molecule is CCOC(=O)Cc1ccc([N+](=O)[O-])c(Cl)c1Cl. The molecule has 7 heteroatoms. The molecule has 0 aliphatic carbocycles. The quantitative estimate of drug-likeness (QED) is 0.482. The van der Waals surface area contributed by atoms with Crippen LogP contribution in [0.15, 0.2) is 12.1 Å². The number of nitrogens with zero attached hydrogens (tertiary/aromatic N) is 1. The minimum absolute atomic E-state index is 0.00826. The van der Waals surface area contributed by atoms with Crippen molar-refractivity contribution in [3.8, 4) is 0 Å². The Morgan fingerprint density at radius 1 is 1.41 bits per heavy atom. The van der Waals surface area contributed by atoms with Gasteiger partial charge < -0.3 is 4.74 Å². The normalized spacial score (nSPS) is 10.1. The lowest BCUT2D eigenvalue weighted by atomic mass is 10.1. The topological polar surface area (TPSA) is 69.4 Å². The van der Waals surface area contributed by atoms with Gasteiger partial charge in [-0.05, 0) is 12.5 Å². The molecular formula is C10H9Cl2NO4. The first kappa shape index (κ1) is 13.7. The molecule has 1 aromatic carbocycles. The van der Waals surface area contributed by atoms with Gasteiger partial charge in [0.2, 0.25) is 0 Å². The van der Waals surface area contributed by atoms with Crippen LogP contribution in [-0.4, -0.2) is 17.5 Å². The van der Waals surface area contributed by atoms with Crippen molar-refractivity contribution in [3.63, 3.8) is 0 Å². The van der Waals surface area contributed by atoms with Gasteiger partial charge in [-0.25, -0.2) is 0 Å². The number of esters is 1. The van der Waals surface area contributed by atoms with E-state index in [2.05, 4.69) is 0 Å². The van der Waals surface area contributed by atoms with Gasteiger partial charge in [0.1, 0.15) is 5.02 Å². The van der Waals surface area contributed by atoms with Gasteiger partial charge in [0, 0.05) is 6.07 Å². The molecule has 0 unspecified atom stereocenters. The van der Waals surface area contributed by atoms with E-state index in [0.29, 0.717) is 5.56 Å². The fraction of sp³-hybridized carbons (Fsp3) is 0.300. The number of hydrogen-bond donors (Lipinski definition) is 0. The van der Waals surface area contributed by atoms with Crippen molar-refractivity contribution >= 4 is 34.9 Å². The highest BCUT2D eigenvalue weighted by atomic mass is 35.5. The van der Waals surface area contributed by atoms with Crippen molar-refractivity contribution < 1.29 is 14.5 Å². The maximum Gasteiger partial charge on any atom is 0.310 e. The molecule has 0 atom stereocenters. The summed E-state index contributed by atoms with van der Waals surface area (Å²) in [6, 6.07) is 2.60. The summed E-state index contributed by atoms with van der Waals surface area (Å²) in [5.74, 6) is -0.459. The van der Waals surface area contributed by atoms with Crippen molar-refractivity contribution in [2.45, 2.75) is 13.3 Å². The van der Waals surface area contributed by atoms with Gasteiger partial charge >= 0.3 is 5.97 Å². The second kappa shape index (κ2) is 5.84. The number of ether oxygens (including phenoxy) is 1. The first-order valence-electron chi connectivity index (χ1n) is 4.74. The first-order chi connectivity index (χ1) is 7.97. The number of rotatable bonds is 4. The fourth-order valence-corrected chi connectivity index (χ4v) is 1.70. The van der Waals surface area contributed by atoms with Crippen LogP contribution in [-0.2, 0) is 16.0 Å². The fourth-order valence-electron chi connectivity index (χ4n) is 1.22. The number of hydrogen-bond acceptors (Lipinski definition) is 4. The summed E-state index contributed by atoms with van der Waals surface area (Å²) >= 11 is 11.6. The van der Waals surface area contributed by atoms with Crippen LogP contribution in [0.3, 0.4) is 0 Å². The van der Waals surface area contributed by atoms with E-state index in [1.54, 1.807) is 6.92 Å². The molecule has 0 saturated heterocycles. The molecular weight excluding hydrogens is 269 g/mol. The highest BCUT2D eigenvalue weighted by Crippen LogP contribution is 2.34. The number of carbonyl (C=O) groups excluding carboxylic acids is 1. The van der Waals surface area contributed by atoms with E-state index in [4.69, 9.17) is 27.9 Å². The minimum Gasteiger partial charge on any atom is -0.466 e. The van der Waals surface area contributed by atoms with Crippen LogP contribution in [0.25, 0.3) is 0 Å². The van der Waals surface area contributed by atoms with Gasteiger partial charge in [-0.2, -0.15) is 0 Å². The Morgan fingerprint density at radius 3 is 2.59 bits per heavy atom. The molecule has 0 spiro atoms. The lowest BCUT2D eigenvalue weighted by molar-refractivity contribution is -0.384. The van der Waals surface area contributed by atoms with E-state index < -0.39 is 10.9 Å². The summed E-state index contributed by atoms with van der Waals surface area (Å²) in [6.45, 7) is 1.94. The molecule has 0 amide bonds. The van der Waals surface area contributed by atoms with Crippen LogP contribution in [0.2, 0.25) is 10.0 Å². The van der Waals surface area contributed by atoms with Crippen LogP contribution in [0, 0.1) is 10.1 Å². The molecule has 1 aromatic rings. The van der Waals surface area contributed by atoms with Gasteiger partial charge in [0.25, 0.3) is 5.69 Å². The molecule has 0 aliphatic rings. The number of nitro groups is 1. The molecule has 0 bridgehead atoms. The van der Waals surface area contributed by atoms with Gasteiger partial charge in [0.05, 0.1) is 23.0 Å². The molecule has 5 nitrogen and oxygen atoms in total. The van der Waals surface area contributed by atoms with Crippen LogP contribution in [0.4, 0.5) is 5.69 Å². The molecule has 0 aromatic heterocycles. The summed E-state index contributed by atoms with van der Waals surface area (Å²) in [4.78, 5) is 21.2. The van der Waals surface area contributed by atoms with Crippen molar-refractivity contribution in [2.75, 3.05) is 6.61 Å². The van der Waals surface area contributed by atoms with Crippen LogP contribution in [0.5, 0.6) is 0 Å². The third-order valence-electron chi connectivity index (χ3n) is 1.98. The molecule has 0 N–H and O–H groups in total. The predicted octanol–water partition coefficient (Wildman–Crippen LogP) is 3.01. The van der Waals surface area contributed by atoms with E-state index in [0.717, 1.165) is 0 Å². The zero-order valence-electron chi connectivity index (χ0n) is 8.91. The van der Waals surface area contributed by atoms with Crippen LogP contribution in [0.1, 0.15) is 12.5 Å². The van der Waals surface area contributed by atoms with Gasteiger partial charge in [0.15, 0.2) is 0 Å². The predicted molar refractivity (Wildman–Crippen MR) is 63.5 cm³/mol. The number of halogens is 2. The average Bonchev–Trinajstić information content (AvgIpc) is 2.25. The summed E-state index contributed by atoms with van der Waals surface area (Å²) < 4.78 is 4.74. The van der Waals surface area contributed by atoms with E-state index in [-0.39, 0.29) is 28.8 Å². The summed E-state index contributed by atoms with van der Waals surface area (Å²) in [7, 11) is 0. The molecule has 1 rings (SSSR count). The standard InChI is InChI=1S/C10H9Cl2NO4/c1-2-17-8(14)5-6-3-4-7(13(15)16)10(12)9(6)11/h3-4H,2,5H2,1H3. The zero-order chi connectivity index (χ0) is 13.0. The monoisotopic (exact) mass is 277 g/mol. The van der Waals surface area contributed by atoms with Crippen molar-refractivity contribution in [1.82, 2.24) is 0 Å². The number of nitro benzene ring substituents is 1. The zero-order valence-corrected chi connectivity index (χ0v) is 10.4. The molecule has 0 heterocycles. The second-order valence-corrected chi connectivity index (χ2v) is 3.87. The summed E-state index contributed by atoms with van der Waals surface area (Å²) in [6.07, 6.45) is -0.0651. The summed E-state index contributed by atoms with van der Waals surface area (Å²) in [5, 5.41) is 10.4. The smallest absolute Gasteiger partial charge is 0.310 e. The minimum atomic E-state index is -0.637. The Kier molecular flexibility index (Phi) is 4.72. The highest BCUT2D eigenvalue weighted by Gasteiger charge is 2.19. The maximum absolute atomic E-state index is 11.2. The van der Waals surface area contributed by atoms with Crippen LogP contribution < -0.4 is 0 Å². The van der Waals surface area contributed by atoms with E-state index in [1.807, 2.05) is 0 Å². The van der Waals surface area contributed by atoms with Crippen molar-refractivity contribution in [3.05, 3.63) is 37.9 Å². The Balaban J connectivity index is 3.00. The average molecular weight is 278 g/mol. The van der Waals surface area contributed by atoms with E-state index in [9.17, 15) is 14.9 Å². The Labute approximate surface area is 107 Å². The Morgan fingerprint density at radius 2 is 2.06 bits per heavy atom. The largest absolute Gasteiger partial charge is 0.466 e. The van der Waals surface area contributed by atoms with Crippen LogP contribution >= 0.6 is 23.2 Å². The highest BCUT2D eigenvalue weighted by molar-refractivity contribution is 6.43. The lowest BCUT2D eigenvalue weighted by Gasteiger charge is -2.05. The third-order valence-corrected chi connectivity index (χ3v) is 2.89. The number of benzene rings is 1. The molecule has 0 radical (unpaired) electrons. The number of carbonyl (C=O) groups is 1. The van der Waals surface area contributed by atoms with Crippen molar-refractivity contribution in [1.29, 1.82) is 0 Å². The Hall–Kier alpha value is -1.33. The van der Waals surface area contributed by atoms with Gasteiger partial charge in [-0.15, -0.1) is 0 Å².